The van der Waals surface area contributed by atoms with Crippen LogP contribution in [0.5, 0.6) is 0 Å². The summed E-state index contributed by atoms with van der Waals surface area (Å²) in [6, 6.07) is 0. The van der Waals surface area contributed by atoms with Gasteiger partial charge < -0.3 is 14.2 Å². The van der Waals surface area contributed by atoms with Crippen molar-refractivity contribution in [1.29, 1.82) is 0 Å². The van der Waals surface area contributed by atoms with Gasteiger partial charge in [-0.3, -0.25) is 14.4 Å². The Balaban J connectivity index is 1.82. The molecule has 17 heavy (non-hydrogen) atoms. The van der Waals surface area contributed by atoms with E-state index in [1.807, 2.05) is 0 Å². The molecule has 3 saturated heterocycles. The van der Waals surface area contributed by atoms with Crippen LogP contribution in [0.4, 0.5) is 0 Å². The van der Waals surface area contributed by atoms with E-state index in [-0.39, 0.29) is 12.1 Å². The van der Waals surface area contributed by atoms with E-state index in [1.165, 1.54) is 0 Å². The van der Waals surface area contributed by atoms with Gasteiger partial charge >= 0.3 is 17.9 Å². The number of fused-ring (bicyclic) bond motifs is 5. The van der Waals surface area contributed by atoms with Gasteiger partial charge in [0, 0.05) is 0 Å². The molecule has 0 aromatic heterocycles. The Hall–Kier alpha value is -1.43. The SMILES string of the molecule is CCOC(=O)[C@H]1C[C@@H]2O[C@H]1[C@H]1C(=O)OC(=O)[C@H]12. The van der Waals surface area contributed by atoms with E-state index in [4.69, 9.17) is 9.47 Å². The third kappa shape index (κ3) is 1.33. The second kappa shape index (κ2) is 3.53. The van der Waals surface area contributed by atoms with Crippen LogP contribution in [-0.4, -0.2) is 36.7 Å². The van der Waals surface area contributed by atoms with Gasteiger partial charge in [0.15, 0.2) is 0 Å². The number of hydrogen-bond donors (Lipinski definition) is 0. The summed E-state index contributed by atoms with van der Waals surface area (Å²) < 4.78 is 15.1. The molecule has 0 saturated carbocycles. The number of ether oxygens (including phenoxy) is 3. The third-order valence-corrected chi connectivity index (χ3v) is 3.69. The number of carbonyl (C=O) groups excluding carboxylic acids is 3. The fraction of sp³-hybridized carbons (Fsp3) is 0.727. The van der Waals surface area contributed by atoms with Gasteiger partial charge in [0.05, 0.1) is 30.7 Å². The van der Waals surface area contributed by atoms with E-state index in [0.29, 0.717) is 13.0 Å². The number of rotatable bonds is 2. The van der Waals surface area contributed by atoms with Crippen molar-refractivity contribution >= 4 is 17.9 Å². The van der Waals surface area contributed by atoms with Gasteiger partial charge in [0.25, 0.3) is 0 Å². The Labute approximate surface area is 97.2 Å². The lowest BCUT2D eigenvalue weighted by Gasteiger charge is -2.22. The van der Waals surface area contributed by atoms with Crippen molar-refractivity contribution in [1.82, 2.24) is 0 Å². The van der Waals surface area contributed by atoms with Crippen molar-refractivity contribution in [3.8, 4) is 0 Å². The Morgan fingerprint density at radius 1 is 1.35 bits per heavy atom. The summed E-state index contributed by atoms with van der Waals surface area (Å²) in [5, 5.41) is 0. The maximum Gasteiger partial charge on any atom is 0.320 e. The molecular formula is C11H12O6. The van der Waals surface area contributed by atoms with Crippen molar-refractivity contribution in [2.45, 2.75) is 25.6 Å². The average molecular weight is 240 g/mol. The third-order valence-electron chi connectivity index (χ3n) is 3.69. The molecule has 3 rings (SSSR count). The molecule has 92 valence electrons. The molecule has 0 aromatic carbocycles. The van der Waals surface area contributed by atoms with Crippen LogP contribution in [0.15, 0.2) is 0 Å². The highest BCUT2D eigenvalue weighted by Crippen LogP contribution is 2.50. The lowest BCUT2D eigenvalue weighted by Crippen LogP contribution is -2.39. The van der Waals surface area contributed by atoms with Crippen molar-refractivity contribution < 1.29 is 28.6 Å². The lowest BCUT2D eigenvalue weighted by atomic mass is 9.75. The van der Waals surface area contributed by atoms with Gasteiger partial charge in [-0.25, -0.2) is 0 Å². The predicted octanol–water partition coefficient (Wildman–Crippen LogP) is -0.347. The summed E-state index contributed by atoms with van der Waals surface area (Å²) in [6.45, 7) is 2.02. The minimum atomic E-state index is -0.615. The molecular weight excluding hydrogens is 228 g/mol. The van der Waals surface area contributed by atoms with E-state index >= 15 is 0 Å². The van der Waals surface area contributed by atoms with Crippen molar-refractivity contribution in [2.75, 3.05) is 6.61 Å². The van der Waals surface area contributed by atoms with E-state index < -0.39 is 35.8 Å². The minimum Gasteiger partial charge on any atom is -0.466 e. The number of esters is 3. The molecule has 6 heteroatoms. The lowest BCUT2D eigenvalue weighted by molar-refractivity contribution is -0.157. The molecule has 5 atom stereocenters. The normalized spacial score (nSPS) is 42.5. The van der Waals surface area contributed by atoms with Crippen molar-refractivity contribution in [2.24, 2.45) is 17.8 Å². The van der Waals surface area contributed by atoms with Crippen LogP contribution in [0.1, 0.15) is 13.3 Å². The van der Waals surface area contributed by atoms with E-state index in [2.05, 4.69) is 4.74 Å². The Morgan fingerprint density at radius 3 is 2.76 bits per heavy atom. The summed E-state index contributed by atoms with van der Waals surface area (Å²) >= 11 is 0. The van der Waals surface area contributed by atoms with Crippen LogP contribution in [0.3, 0.4) is 0 Å². The highest BCUT2D eigenvalue weighted by Gasteiger charge is 2.66. The largest absolute Gasteiger partial charge is 0.466 e. The highest BCUT2D eigenvalue weighted by molar-refractivity contribution is 5.98. The van der Waals surface area contributed by atoms with Gasteiger partial charge in [-0.1, -0.05) is 0 Å². The standard InChI is InChI=1S/C11H12O6/c1-2-15-9(12)4-3-5-6-7(8(4)16-5)11(14)17-10(6)13/h4-8H,2-3H2,1H3/t4-,5-,6-,7-,8+/m0/s1. The Kier molecular flexibility index (Phi) is 2.22. The van der Waals surface area contributed by atoms with Gasteiger partial charge in [-0.15, -0.1) is 0 Å². The first kappa shape index (κ1) is 10.7. The number of cyclic esters (lactones) is 2. The van der Waals surface area contributed by atoms with Crippen LogP contribution >= 0.6 is 0 Å². The average Bonchev–Trinajstić information content (AvgIpc) is 2.91. The Bertz CT molecular complexity index is 403. The topological polar surface area (TPSA) is 78.9 Å². The fourth-order valence-corrected chi connectivity index (χ4v) is 3.03. The fourth-order valence-electron chi connectivity index (χ4n) is 3.03. The number of carbonyl (C=O) groups is 3. The van der Waals surface area contributed by atoms with Gasteiger partial charge in [-0.05, 0) is 13.3 Å². The predicted molar refractivity (Wildman–Crippen MR) is 51.5 cm³/mol. The summed E-state index contributed by atoms with van der Waals surface area (Å²) in [4.78, 5) is 34.6. The second-order valence-corrected chi connectivity index (χ2v) is 4.53. The van der Waals surface area contributed by atoms with Crippen LogP contribution in [0.25, 0.3) is 0 Å². The molecule has 0 amide bonds. The molecule has 0 N–H and O–H groups in total. The van der Waals surface area contributed by atoms with E-state index in [1.54, 1.807) is 6.92 Å². The van der Waals surface area contributed by atoms with Gasteiger partial charge in [0.1, 0.15) is 5.92 Å². The molecule has 3 heterocycles. The maximum absolute atomic E-state index is 11.7. The molecule has 6 nitrogen and oxygen atoms in total. The molecule has 0 radical (unpaired) electrons. The van der Waals surface area contributed by atoms with Crippen molar-refractivity contribution in [3.05, 3.63) is 0 Å². The highest BCUT2D eigenvalue weighted by atomic mass is 16.6. The van der Waals surface area contributed by atoms with Crippen LogP contribution < -0.4 is 0 Å². The monoisotopic (exact) mass is 240 g/mol. The van der Waals surface area contributed by atoms with E-state index in [9.17, 15) is 14.4 Å². The molecule has 3 fully saturated rings. The second-order valence-electron chi connectivity index (χ2n) is 4.53. The zero-order chi connectivity index (χ0) is 12.2. The van der Waals surface area contributed by atoms with Gasteiger partial charge in [0.2, 0.25) is 0 Å². The number of hydrogen-bond acceptors (Lipinski definition) is 6. The smallest absolute Gasteiger partial charge is 0.320 e. The zero-order valence-corrected chi connectivity index (χ0v) is 9.25. The van der Waals surface area contributed by atoms with Crippen molar-refractivity contribution in [3.63, 3.8) is 0 Å². The maximum atomic E-state index is 11.7. The first-order chi connectivity index (χ1) is 8.13. The molecule has 3 aliphatic heterocycles. The van der Waals surface area contributed by atoms with E-state index in [0.717, 1.165) is 0 Å². The first-order valence-electron chi connectivity index (χ1n) is 5.71. The molecule has 0 aliphatic carbocycles. The Morgan fingerprint density at radius 2 is 2.06 bits per heavy atom. The molecule has 0 aromatic rings. The minimum absolute atomic E-state index is 0.296. The van der Waals surface area contributed by atoms with Crippen LogP contribution in [0.2, 0.25) is 0 Å². The molecule has 2 bridgehead atoms. The molecule has 0 spiro atoms. The van der Waals surface area contributed by atoms with Crippen LogP contribution in [-0.2, 0) is 28.6 Å². The van der Waals surface area contributed by atoms with Crippen LogP contribution in [0, 0.1) is 17.8 Å². The summed E-state index contributed by atoms with van der Waals surface area (Å²) in [6.07, 6.45) is -0.492. The quantitative estimate of drug-likeness (QED) is 0.485. The first-order valence-corrected chi connectivity index (χ1v) is 5.71. The summed E-state index contributed by atoms with van der Waals surface area (Å²) in [7, 11) is 0. The molecule has 3 aliphatic rings. The zero-order valence-electron chi connectivity index (χ0n) is 9.25. The van der Waals surface area contributed by atoms with Gasteiger partial charge in [-0.2, -0.15) is 0 Å². The summed E-state index contributed by atoms with van der Waals surface area (Å²) in [5.41, 5.74) is 0. The molecule has 0 unspecified atom stereocenters. The summed E-state index contributed by atoms with van der Waals surface area (Å²) in [5.74, 6) is -3.02.